The third-order valence-corrected chi connectivity index (χ3v) is 6.30. The molecule has 0 unspecified atom stereocenters. The van der Waals surface area contributed by atoms with Gasteiger partial charge in [-0.05, 0) is 18.2 Å². The lowest BCUT2D eigenvalue weighted by atomic mass is 10.2. The molecule has 0 saturated carbocycles. The van der Waals surface area contributed by atoms with Crippen LogP contribution >= 0.6 is 34.5 Å². The van der Waals surface area contributed by atoms with Crippen molar-refractivity contribution in [2.24, 2.45) is 0 Å². The van der Waals surface area contributed by atoms with Crippen LogP contribution in [0.15, 0.2) is 35.2 Å². The van der Waals surface area contributed by atoms with E-state index in [1.165, 1.54) is 6.07 Å². The highest BCUT2D eigenvalue weighted by molar-refractivity contribution is 7.87. The Labute approximate surface area is 148 Å². The SMILES string of the molecule is O=S(=O)(Oc1ccccc1N1CCOCC1)c1cc(Cl)sc1Cl. The van der Waals surface area contributed by atoms with Crippen LogP contribution in [0.25, 0.3) is 0 Å². The lowest BCUT2D eigenvalue weighted by molar-refractivity contribution is 0.122. The van der Waals surface area contributed by atoms with E-state index in [4.69, 9.17) is 32.1 Å². The van der Waals surface area contributed by atoms with Gasteiger partial charge in [-0.2, -0.15) is 8.42 Å². The number of thiophene rings is 1. The smallest absolute Gasteiger partial charge is 0.341 e. The number of morpholine rings is 1. The zero-order chi connectivity index (χ0) is 16.4. The van der Waals surface area contributed by atoms with Crippen LogP contribution in [0.3, 0.4) is 0 Å². The normalized spacial score (nSPS) is 15.7. The average molecular weight is 394 g/mol. The largest absolute Gasteiger partial charge is 0.378 e. The first-order chi connectivity index (χ1) is 11.0. The van der Waals surface area contributed by atoms with Gasteiger partial charge in [0, 0.05) is 13.1 Å². The molecule has 0 spiro atoms. The standard InChI is InChI=1S/C14H13Cl2NO4S2/c15-13-9-12(14(16)22-13)23(18,19)21-11-4-2-1-3-10(11)17-5-7-20-8-6-17/h1-4,9H,5-8H2. The van der Waals surface area contributed by atoms with Gasteiger partial charge in [0.2, 0.25) is 0 Å². The predicted octanol–water partition coefficient (Wildman–Crippen LogP) is 3.66. The molecule has 0 radical (unpaired) electrons. The second-order valence-corrected chi connectivity index (χ2v) is 8.59. The lowest BCUT2D eigenvalue weighted by Gasteiger charge is -2.29. The molecule has 1 saturated heterocycles. The monoisotopic (exact) mass is 393 g/mol. The van der Waals surface area contributed by atoms with Crippen molar-refractivity contribution in [1.29, 1.82) is 0 Å². The molecule has 1 aliphatic rings. The van der Waals surface area contributed by atoms with E-state index in [1.54, 1.807) is 12.1 Å². The van der Waals surface area contributed by atoms with E-state index in [-0.39, 0.29) is 15.0 Å². The van der Waals surface area contributed by atoms with Gasteiger partial charge in [-0.1, -0.05) is 35.3 Å². The van der Waals surface area contributed by atoms with Crippen molar-refractivity contribution >= 4 is 50.3 Å². The van der Waals surface area contributed by atoms with E-state index in [0.717, 1.165) is 11.3 Å². The second-order valence-electron chi connectivity index (χ2n) is 4.79. The van der Waals surface area contributed by atoms with Gasteiger partial charge < -0.3 is 13.8 Å². The zero-order valence-corrected chi connectivity index (χ0v) is 15.0. The zero-order valence-electron chi connectivity index (χ0n) is 11.9. The van der Waals surface area contributed by atoms with Crippen molar-refractivity contribution in [3.05, 3.63) is 39.0 Å². The Morgan fingerprint density at radius 2 is 1.87 bits per heavy atom. The van der Waals surface area contributed by atoms with Gasteiger partial charge in [-0.25, -0.2) is 0 Å². The van der Waals surface area contributed by atoms with Crippen LogP contribution in [-0.2, 0) is 14.9 Å². The summed E-state index contributed by atoms with van der Waals surface area (Å²) in [5.74, 6) is 0.257. The first-order valence-electron chi connectivity index (χ1n) is 6.78. The molecule has 0 N–H and O–H groups in total. The van der Waals surface area contributed by atoms with Crippen LogP contribution in [0.1, 0.15) is 0 Å². The van der Waals surface area contributed by atoms with Crippen LogP contribution < -0.4 is 9.08 Å². The summed E-state index contributed by atoms with van der Waals surface area (Å²) in [6.07, 6.45) is 0. The molecule has 1 fully saturated rings. The molecule has 1 aromatic heterocycles. The Kier molecular flexibility index (Phi) is 5.03. The Balaban J connectivity index is 1.92. The molecule has 1 aliphatic heterocycles. The summed E-state index contributed by atoms with van der Waals surface area (Å²) >= 11 is 12.7. The molecular weight excluding hydrogens is 381 g/mol. The molecule has 0 atom stereocenters. The van der Waals surface area contributed by atoms with E-state index in [1.807, 2.05) is 17.0 Å². The second kappa shape index (κ2) is 6.86. The summed E-state index contributed by atoms with van der Waals surface area (Å²) in [5.41, 5.74) is 0.705. The molecule has 23 heavy (non-hydrogen) atoms. The fraction of sp³-hybridized carbons (Fsp3) is 0.286. The van der Waals surface area contributed by atoms with Gasteiger partial charge in [-0.15, -0.1) is 11.3 Å². The maximum atomic E-state index is 12.5. The van der Waals surface area contributed by atoms with Gasteiger partial charge in [0.05, 0.1) is 23.2 Å². The molecule has 5 nitrogen and oxygen atoms in total. The Hall–Kier alpha value is -0.990. The number of benzene rings is 1. The average Bonchev–Trinajstić information content (AvgIpc) is 2.88. The minimum Gasteiger partial charge on any atom is -0.378 e. The molecule has 0 aliphatic carbocycles. The van der Waals surface area contributed by atoms with Crippen molar-refractivity contribution in [3.63, 3.8) is 0 Å². The number of hydrogen-bond donors (Lipinski definition) is 0. The van der Waals surface area contributed by atoms with E-state index < -0.39 is 10.1 Å². The first kappa shape index (κ1) is 16.9. The molecule has 0 amide bonds. The fourth-order valence-electron chi connectivity index (χ4n) is 2.25. The summed E-state index contributed by atoms with van der Waals surface area (Å²) in [6, 6.07) is 8.28. The number of hydrogen-bond acceptors (Lipinski definition) is 6. The molecule has 2 heterocycles. The number of halogens is 2. The quantitative estimate of drug-likeness (QED) is 0.741. The Bertz CT molecular complexity index is 801. The van der Waals surface area contributed by atoms with Gasteiger partial charge in [0.15, 0.2) is 5.75 Å². The number of para-hydroxylation sites is 2. The highest BCUT2D eigenvalue weighted by atomic mass is 35.5. The summed E-state index contributed by atoms with van der Waals surface area (Å²) in [7, 11) is -4.05. The Morgan fingerprint density at radius 3 is 2.52 bits per heavy atom. The van der Waals surface area contributed by atoms with E-state index >= 15 is 0 Å². The van der Waals surface area contributed by atoms with Crippen molar-refractivity contribution < 1.29 is 17.3 Å². The number of anilines is 1. The highest BCUT2D eigenvalue weighted by Gasteiger charge is 2.25. The molecule has 1 aromatic carbocycles. The minimum absolute atomic E-state index is 0.0823. The van der Waals surface area contributed by atoms with Gasteiger partial charge in [0.25, 0.3) is 0 Å². The van der Waals surface area contributed by atoms with Crippen LogP contribution in [0.5, 0.6) is 5.75 Å². The van der Waals surface area contributed by atoms with Crippen molar-refractivity contribution in [2.45, 2.75) is 4.90 Å². The summed E-state index contributed by atoms with van der Waals surface area (Å²) < 4.78 is 35.9. The van der Waals surface area contributed by atoms with Crippen LogP contribution in [0.4, 0.5) is 5.69 Å². The third kappa shape index (κ3) is 3.75. The number of rotatable bonds is 4. The maximum absolute atomic E-state index is 12.5. The van der Waals surface area contributed by atoms with E-state index in [2.05, 4.69) is 0 Å². The molecule has 124 valence electrons. The number of ether oxygens (including phenoxy) is 1. The van der Waals surface area contributed by atoms with E-state index in [9.17, 15) is 8.42 Å². The van der Waals surface area contributed by atoms with Gasteiger partial charge in [-0.3, -0.25) is 0 Å². The molecule has 2 aromatic rings. The minimum atomic E-state index is -4.05. The summed E-state index contributed by atoms with van der Waals surface area (Å²) in [6.45, 7) is 2.52. The molecular formula is C14H13Cl2NO4S2. The van der Waals surface area contributed by atoms with Gasteiger partial charge in [0.1, 0.15) is 9.23 Å². The maximum Gasteiger partial charge on any atom is 0.341 e. The Morgan fingerprint density at radius 1 is 1.17 bits per heavy atom. The highest BCUT2D eigenvalue weighted by Crippen LogP contribution is 2.37. The molecule has 0 bridgehead atoms. The third-order valence-electron chi connectivity index (χ3n) is 3.31. The van der Waals surface area contributed by atoms with Crippen molar-refractivity contribution in [3.8, 4) is 5.75 Å². The molecule has 3 rings (SSSR count). The lowest BCUT2D eigenvalue weighted by Crippen LogP contribution is -2.36. The van der Waals surface area contributed by atoms with Gasteiger partial charge >= 0.3 is 10.1 Å². The van der Waals surface area contributed by atoms with Crippen molar-refractivity contribution in [1.82, 2.24) is 0 Å². The fourth-order valence-corrected chi connectivity index (χ4v) is 5.30. The summed E-state index contributed by atoms with van der Waals surface area (Å²) in [5, 5.41) is 0. The predicted molar refractivity (Wildman–Crippen MR) is 91.6 cm³/mol. The molecule has 9 heteroatoms. The topological polar surface area (TPSA) is 55.8 Å². The van der Waals surface area contributed by atoms with Crippen LogP contribution in [0.2, 0.25) is 8.67 Å². The van der Waals surface area contributed by atoms with E-state index in [0.29, 0.717) is 36.3 Å². The van der Waals surface area contributed by atoms with Crippen molar-refractivity contribution in [2.75, 3.05) is 31.2 Å². The van der Waals surface area contributed by atoms with Crippen LogP contribution in [0, 0.1) is 0 Å². The summed E-state index contributed by atoms with van der Waals surface area (Å²) in [4.78, 5) is 1.90. The number of nitrogens with zero attached hydrogens (tertiary/aromatic N) is 1. The first-order valence-corrected chi connectivity index (χ1v) is 9.76. The van der Waals surface area contributed by atoms with Crippen LogP contribution in [-0.4, -0.2) is 34.7 Å².